The van der Waals surface area contributed by atoms with Crippen LogP contribution in [-0.2, 0) is 14.4 Å². The molecule has 4 rings (SSSR count). The van der Waals surface area contributed by atoms with Gasteiger partial charge in [-0.15, -0.1) is 0 Å². The van der Waals surface area contributed by atoms with Crippen molar-refractivity contribution in [3.05, 3.63) is 0 Å². The van der Waals surface area contributed by atoms with Gasteiger partial charge < -0.3 is 31.7 Å². The van der Waals surface area contributed by atoms with Crippen molar-refractivity contribution in [2.24, 2.45) is 52.1 Å². The minimum absolute atomic E-state index is 0.149. The van der Waals surface area contributed by atoms with Crippen LogP contribution in [0.3, 0.4) is 0 Å². The first-order valence-electron chi connectivity index (χ1n) is 16.3. The highest BCUT2D eigenvalue weighted by molar-refractivity contribution is 5.87. The van der Waals surface area contributed by atoms with Crippen molar-refractivity contribution in [1.82, 2.24) is 10.6 Å². The van der Waals surface area contributed by atoms with Crippen LogP contribution in [0, 0.1) is 46.3 Å². The highest BCUT2D eigenvalue weighted by Gasteiger charge is 2.63. The predicted octanol–water partition coefficient (Wildman–Crippen LogP) is 3.21. The van der Waals surface area contributed by atoms with Gasteiger partial charge in [0.15, 0.2) is 0 Å². The maximum absolute atomic E-state index is 12.6. The lowest BCUT2D eigenvalue weighted by Crippen LogP contribution is -2.58. The Morgan fingerprint density at radius 3 is 2.41 bits per heavy atom. The van der Waals surface area contributed by atoms with Crippen LogP contribution in [0.15, 0.2) is 0 Å². The van der Waals surface area contributed by atoms with E-state index in [2.05, 4.69) is 31.4 Å². The van der Waals surface area contributed by atoms with Gasteiger partial charge in [-0.25, -0.2) is 4.79 Å². The zero-order valence-corrected chi connectivity index (χ0v) is 25.4. The molecule has 4 aliphatic carbocycles. The second-order valence-corrected chi connectivity index (χ2v) is 14.4. The van der Waals surface area contributed by atoms with Gasteiger partial charge in [0.25, 0.3) is 0 Å². The number of carbonyl (C=O) groups is 3. The molecule has 0 bridgehead atoms. The fourth-order valence-electron chi connectivity index (χ4n) is 9.98. The lowest BCUT2D eigenvalue weighted by molar-refractivity contribution is -0.175. The molecule has 7 N–H and O–H groups in total. The lowest BCUT2D eigenvalue weighted by atomic mass is 9.43. The van der Waals surface area contributed by atoms with Gasteiger partial charge in [0, 0.05) is 6.42 Å². The van der Waals surface area contributed by atoms with E-state index < -0.39 is 17.9 Å². The number of amides is 2. The summed E-state index contributed by atoms with van der Waals surface area (Å²) in [5.41, 5.74) is 5.53. The molecule has 234 valence electrons. The van der Waals surface area contributed by atoms with E-state index in [0.29, 0.717) is 68.2 Å². The minimum Gasteiger partial charge on any atom is -0.480 e. The van der Waals surface area contributed by atoms with Crippen molar-refractivity contribution in [2.75, 3.05) is 13.1 Å². The molecular weight excluding hydrogens is 522 g/mol. The molecule has 0 radical (unpaired) electrons. The number of unbranched alkanes of at least 4 members (excludes halogenated alkanes) is 1. The Morgan fingerprint density at radius 2 is 1.71 bits per heavy atom. The number of rotatable bonds is 12. The van der Waals surface area contributed by atoms with E-state index in [0.717, 1.165) is 38.5 Å². The van der Waals surface area contributed by atoms with Crippen molar-refractivity contribution >= 4 is 17.8 Å². The van der Waals surface area contributed by atoms with Crippen LogP contribution in [-0.4, -0.2) is 64.4 Å². The summed E-state index contributed by atoms with van der Waals surface area (Å²) in [6.45, 7) is 7.18. The zero-order chi connectivity index (χ0) is 29.9. The zero-order valence-electron chi connectivity index (χ0n) is 25.4. The number of carbonyl (C=O) groups excluding carboxylic acids is 2. The Hall–Kier alpha value is -1.71. The number of aliphatic hydroxyl groups excluding tert-OH is 2. The van der Waals surface area contributed by atoms with Crippen LogP contribution < -0.4 is 16.4 Å². The van der Waals surface area contributed by atoms with Crippen molar-refractivity contribution < 1.29 is 29.7 Å². The lowest BCUT2D eigenvalue weighted by Gasteiger charge is -2.62. The summed E-state index contributed by atoms with van der Waals surface area (Å²) in [6.07, 6.45) is 10.4. The molecule has 4 saturated carbocycles. The number of hydrogen-bond donors (Lipinski definition) is 6. The summed E-state index contributed by atoms with van der Waals surface area (Å²) in [5, 5.41) is 36.5. The largest absolute Gasteiger partial charge is 0.480 e. The molecule has 6 unspecified atom stereocenters. The number of aliphatic carboxylic acids is 1. The van der Waals surface area contributed by atoms with E-state index in [-0.39, 0.29) is 41.4 Å². The molecule has 0 spiro atoms. The number of nitrogens with two attached hydrogens (primary N) is 1. The van der Waals surface area contributed by atoms with Gasteiger partial charge in [-0.05, 0) is 130 Å². The van der Waals surface area contributed by atoms with Crippen LogP contribution in [0.4, 0.5) is 0 Å². The van der Waals surface area contributed by atoms with Crippen molar-refractivity contribution in [3.8, 4) is 0 Å². The second kappa shape index (κ2) is 13.3. The highest BCUT2D eigenvalue weighted by Crippen LogP contribution is 2.68. The molecule has 9 nitrogen and oxygen atoms in total. The number of carboxylic acid groups (broad SMARTS) is 1. The van der Waals surface area contributed by atoms with E-state index in [4.69, 9.17) is 5.73 Å². The van der Waals surface area contributed by atoms with Gasteiger partial charge in [0.1, 0.15) is 6.04 Å². The van der Waals surface area contributed by atoms with Crippen molar-refractivity contribution in [1.29, 1.82) is 0 Å². The fourth-order valence-corrected chi connectivity index (χ4v) is 9.98. The average molecular weight is 578 g/mol. The normalized spacial score (nSPS) is 39.5. The molecule has 0 aromatic rings. The van der Waals surface area contributed by atoms with Gasteiger partial charge in [0.05, 0.1) is 18.8 Å². The first kappa shape index (κ1) is 32.2. The first-order valence-corrected chi connectivity index (χ1v) is 16.3. The third kappa shape index (κ3) is 6.62. The topological polar surface area (TPSA) is 162 Å². The molecule has 9 heteroatoms. The molecule has 0 aromatic heterocycles. The Bertz CT molecular complexity index is 946. The van der Waals surface area contributed by atoms with Crippen LogP contribution in [0.25, 0.3) is 0 Å². The van der Waals surface area contributed by atoms with Crippen LogP contribution in [0.5, 0.6) is 0 Å². The van der Waals surface area contributed by atoms with E-state index >= 15 is 0 Å². The second-order valence-electron chi connectivity index (χ2n) is 14.4. The van der Waals surface area contributed by atoms with Crippen molar-refractivity contribution in [2.45, 2.75) is 122 Å². The van der Waals surface area contributed by atoms with Crippen LogP contribution in [0.1, 0.15) is 104 Å². The van der Waals surface area contributed by atoms with E-state index in [1.54, 1.807) is 0 Å². The van der Waals surface area contributed by atoms with Crippen LogP contribution >= 0.6 is 0 Å². The summed E-state index contributed by atoms with van der Waals surface area (Å²) in [4.78, 5) is 36.3. The molecule has 2 amide bonds. The first-order chi connectivity index (χ1) is 19.4. The number of hydrogen-bond acceptors (Lipinski definition) is 6. The molecule has 4 aliphatic rings. The summed E-state index contributed by atoms with van der Waals surface area (Å²) in [6, 6.07) is -0.981. The maximum atomic E-state index is 12.6. The van der Waals surface area contributed by atoms with Gasteiger partial charge in [-0.1, -0.05) is 20.8 Å². The third-order valence-corrected chi connectivity index (χ3v) is 12.4. The summed E-state index contributed by atoms with van der Waals surface area (Å²) < 4.78 is 0. The number of nitrogens with one attached hydrogen (secondary N) is 2. The Labute approximate surface area is 245 Å². The van der Waals surface area contributed by atoms with Crippen LogP contribution in [0.2, 0.25) is 0 Å². The number of fused-ring (bicyclic) bond motifs is 5. The molecule has 0 heterocycles. The Balaban J connectivity index is 1.28. The summed E-state index contributed by atoms with van der Waals surface area (Å²) in [5.74, 6) is 1.03. The standard InChI is InChI=1S/C32H55N3O6/c1-19(7-12-28(38)34-18-29(39)35-26(30(40)41)6-4-5-15-33)23-10-11-24-22-9-8-20-16-21(36)13-14-31(20,2)25(22)17-27(37)32(23,24)3/h19-27,36-37H,4-18,33H2,1-3H3,(H,34,38)(H,35,39)(H,40,41)/t19?,20?,21-,22?,23-,24?,25?,26?,27+,31+,32-/m1/s1. The van der Waals surface area contributed by atoms with Gasteiger partial charge >= 0.3 is 5.97 Å². The van der Waals surface area contributed by atoms with Gasteiger partial charge in [-0.2, -0.15) is 0 Å². The van der Waals surface area contributed by atoms with E-state index in [1.807, 2.05) is 0 Å². The molecule has 0 saturated heterocycles. The van der Waals surface area contributed by atoms with Gasteiger partial charge in [-0.3, -0.25) is 9.59 Å². The third-order valence-electron chi connectivity index (χ3n) is 12.4. The summed E-state index contributed by atoms with van der Waals surface area (Å²) in [7, 11) is 0. The minimum atomic E-state index is -1.09. The molecule has 4 fully saturated rings. The number of carboxylic acids is 1. The molecule has 41 heavy (non-hydrogen) atoms. The predicted molar refractivity (Wildman–Crippen MR) is 156 cm³/mol. The average Bonchev–Trinajstić information content (AvgIpc) is 3.29. The Kier molecular flexibility index (Phi) is 10.4. The molecule has 0 aliphatic heterocycles. The number of aliphatic hydroxyl groups is 2. The van der Waals surface area contributed by atoms with E-state index in [9.17, 15) is 29.7 Å². The smallest absolute Gasteiger partial charge is 0.326 e. The summed E-state index contributed by atoms with van der Waals surface area (Å²) >= 11 is 0. The highest BCUT2D eigenvalue weighted by atomic mass is 16.4. The fraction of sp³-hybridized carbons (Fsp3) is 0.906. The SMILES string of the molecule is CC(CCC(=O)NCC(=O)NC(CCCCN)C(=O)O)[C@H]1CCC2C3CCC4C[C@H](O)CC[C@]4(C)C3C[C@H](O)[C@@]21C. The van der Waals surface area contributed by atoms with Gasteiger partial charge in [0.2, 0.25) is 11.8 Å². The Morgan fingerprint density at radius 1 is 0.951 bits per heavy atom. The monoisotopic (exact) mass is 577 g/mol. The van der Waals surface area contributed by atoms with Crippen molar-refractivity contribution in [3.63, 3.8) is 0 Å². The molecule has 11 atom stereocenters. The quantitative estimate of drug-likeness (QED) is 0.194. The molecular formula is C32H55N3O6. The maximum Gasteiger partial charge on any atom is 0.326 e. The van der Waals surface area contributed by atoms with E-state index in [1.165, 1.54) is 12.8 Å². The molecule has 0 aromatic carbocycles.